The zero-order chi connectivity index (χ0) is 48.4. The van der Waals surface area contributed by atoms with Crippen LogP contribution in [0.1, 0.15) is 98.9 Å². The Labute approximate surface area is 394 Å². The number of carbonyl (C=O) groups excluding carboxylic acids is 3. The second-order valence-corrected chi connectivity index (χ2v) is 18.9. The van der Waals surface area contributed by atoms with Crippen LogP contribution < -0.4 is 26.2 Å². The first kappa shape index (κ1) is 49.1. The summed E-state index contributed by atoms with van der Waals surface area (Å²) in [4.78, 5) is 70.5. The summed E-state index contributed by atoms with van der Waals surface area (Å²) in [6.45, 7) is 5.23. The van der Waals surface area contributed by atoms with Gasteiger partial charge in [0, 0.05) is 68.0 Å². The summed E-state index contributed by atoms with van der Waals surface area (Å²) in [6.07, 6.45) is 7.25. The van der Waals surface area contributed by atoms with Crippen LogP contribution in [-0.4, -0.2) is 106 Å². The largest absolute Gasteiger partial charge is 0.504 e. The summed E-state index contributed by atoms with van der Waals surface area (Å²) >= 11 is 0. The minimum Gasteiger partial charge on any atom is -0.504 e. The molecular weight excluding hydrogens is 873 g/mol. The Morgan fingerprint density at radius 1 is 0.735 bits per heavy atom. The third-order valence-electron chi connectivity index (χ3n) is 14.7. The lowest BCUT2D eigenvalue weighted by molar-refractivity contribution is -0.125. The van der Waals surface area contributed by atoms with Crippen molar-refractivity contribution < 1.29 is 53.4 Å². The van der Waals surface area contributed by atoms with Crippen molar-refractivity contribution in [2.45, 2.75) is 96.8 Å². The molecule has 8 rings (SSSR count). The minimum absolute atomic E-state index is 0.0000262. The van der Waals surface area contributed by atoms with Gasteiger partial charge in [0.15, 0.2) is 22.4 Å². The number of hydrogen-bond donors (Lipinski definition) is 5. The van der Waals surface area contributed by atoms with Crippen LogP contribution in [0.5, 0.6) is 11.5 Å². The molecule has 15 heteroatoms. The number of amides is 1. The molecule has 5 aromatic carbocycles. The molecule has 2 fully saturated rings. The van der Waals surface area contributed by atoms with Gasteiger partial charge >= 0.3 is 0 Å². The predicted octanol–water partition coefficient (Wildman–Crippen LogP) is 6.01. The third-order valence-corrected chi connectivity index (χ3v) is 14.7. The molecule has 0 bridgehead atoms. The SMILES string of the molecule is COCCOCCCC(=O)C1CCC(Nc2c(CC3CCC(C(=O)NCCOCCOC)C3)c3c4c5c(c(OC)c(O)c6c(=O)cc(CO)c(c7c(CO)cc(=O)c2c74)c65)C(C(C)=O)C(C)=C3)C1. The van der Waals surface area contributed by atoms with Crippen molar-refractivity contribution in [3.05, 3.63) is 66.0 Å². The van der Waals surface area contributed by atoms with E-state index in [0.717, 1.165) is 12.0 Å². The molecule has 0 spiro atoms. The lowest BCUT2D eigenvalue weighted by Gasteiger charge is -2.28. The number of methoxy groups -OCH3 is 3. The maximum absolute atomic E-state index is 15.0. The molecule has 0 aliphatic heterocycles. The number of phenolic OH excluding ortho intramolecular Hbond substituents is 1. The highest BCUT2D eigenvalue weighted by Crippen LogP contribution is 2.57. The van der Waals surface area contributed by atoms with Crippen molar-refractivity contribution in [1.29, 1.82) is 0 Å². The van der Waals surface area contributed by atoms with E-state index in [9.17, 15) is 34.5 Å². The number of hydrogen-bond acceptors (Lipinski definition) is 14. The molecule has 0 saturated heterocycles. The molecule has 3 aliphatic carbocycles. The van der Waals surface area contributed by atoms with Crippen LogP contribution in [0.15, 0.2) is 27.3 Å². The number of Topliss-reactive ketones (excluding diaryl/α,β-unsaturated/α-hetero) is 2. The molecule has 15 nitrogen and oxygen atoms in total. The van der Waals surface area contributed by atoms with Gasteiger partial charge in [0.2, 0.25) is 5.91 Å². The zero-order valence-electron chi connectivity index (χ0n) is 39.8. The number of benzene rings is 5. The van der Waals surface area contributed by atoms with Gasteiger partial charge in [-0.2, -0.15) is 0 Å². The van der Waals surface area contributed by atoms with E-state index < -0.39 is 30.3 Å². The van der Waals surface area contributed by atoms with Crippen LogP contribution in [-0.2, 0) is 53.0 Å². The molecule has 0 radical (unpaired) electrons. The first-order valence-corrected chi connectivity index (χ1v) is 23.9. The van der Waals surface area contributed by atoms with Crippen LogP contribution in [0.3, 0.4) is 0 Å². The van der Waals surface area contributed by atoms with E-state index in [2.05, 4.69) is 10.6 Å². The Hall–Kier alpha value is -5.29. The quantitative estimate of drug-likeness (QED) is 0.0288. The van der Waals surface area contributed by atoms with Crippen molar-refractivity contribution in [2.24, 2.45) is 17.8 Å². The third kappa shape index (κ3) is 9.04. The Morgan fingerprint density at radius 3 is 2.03 bits per heavy atom. The molecule has 5 aromatic rings. The fourth-order valence-electron chi connectivity index (χ4n) is 11.7. The number of phenols is 1. The lowest BCUT2D eigenvalue weighted by Crippen LogP contribution is -2.32. The highest BCUT2D eigenvalue weighted by molar-refractivity contribution is 6.39. The van der Waals surface area contributed by atoms with Crippen LogP contribution in [0.25, 0.3) is 49.2 Å². The molecule has 5 N–H and O–H groups in total. The molecule has 0 aromatic heterocycles. The number of aliphatic hydroxyl groups is 2. The molecule has 3 aliphatic rings. The number of ether oxygens (including phenoxy) is 5. The molecule has 364 valence electrons. The summed E-state index contributed by atoms with van der Waals surface area (Å²) in [5.74, 6) is -1.98. The van der Waals surface area contributed by atoms with E-state index in [1.54, 1.807) is 14.2 Å². The Kier molecular flexibility index (Phi) is 15.3. The first-order valence-electron chi connectivity index (χ1n) is 23.9. The van der Waals surface area contributed by atoms with Crippen molar-refractivity contribution in [3.63, 3.8) is 0 Å². The fraction of sp³-hybridized carbons (Fsp3) is 0.528. The molecule has 5 atom stereocenters. The van der Waals surface area contributed by atoms with Gasteiger partial charge in [-0.05, 0) is 127 Å². The molecule has 5 unspecified atom stereocenters. The molecular formula is C53H64N2O13. The topological polar surface area (TPSA) is 216 Å². The maximum atomic E-state index is 15.0. The number of anilines is 1. The number of nitrogens with one attached hydrogen (secondary N) is 2. The van der Waals surface area contributed by atoms with Gasteiger partial charge in [-0.1, -0.05) is 11.6 Å². The van der Waals surface area contributed by atoms with E-state index in [4.69, 9.17) is 23.7 Å². The van der Waals surface area contributed by atoms with E-state index in [1.807, 2.05) is 13.0 Å². The molecule has 1 amide bonds. The number of allylic oxidation sites excluding steroid dienone is 1. The van der Waals surface area contributed by atoms with Gasteiger partial charge in [-0.25, -0.2) is 0 Å². The highest BCUT2D eigenvalue weighted by atomic mass is 16.5. The van der Waals surface area contributed by atoms with Gasteiger partial charge in [0.25, 0.3) is 0 Å². The summed E-state index contributed by atoms with van der Waals surface area (Å²) in [5.41, 5.74) is 2.67. The molecule has 2 saturated carbocycles. The smallest absolute Gasteiger partial charge is 0.223 e. The van der Waals surface area contributed by atoms with Crippen molar-refractivity contribution in [1.82, 2.24) is 5.32 Å². The number of aliphatic hydroxyl groups excluding tert-OH is 2. The summed E-state index contributed by atoms with van der Waals surface area (Å²) < 4.78 is 27.2. The van der Waals surface area contributed by atoms with E-state index in [1.165, 1.54) is 26.2 Å². The van der Waals surface area contributed by atoms with Gasteiger partial charge in [-0.3, -0.25) is 24.0 Å². The van der Waals surface area contributed by atoms with E-state index in [-0.39, 0.29) is 69.0 Å². The number of aromatic hydroxyl groups is 1. The van der Waals surface area contributed by atoms with Crippen LogP contribution in [0.2, 0.25) is 0 Å². The normalized spacial score (nSPS) is 20.3. The minimum atomic E-state index is -0.943. The Morgan fingerprint density at radius 2 is 1.38 bits per heavy atom. The number of rotatable bonds is 23. The molecule has 68 heavy (non-hydrogen) atoms. The van der Waals surface area contributed by atoms with Crippen molar-refractivity contribution in [2.75, 3.05) is 72.8 Å². The van der Waals surface area contributed by atoms with E-state index >= 15 is 4.79 Å². The standard InChI is InChI=1S/C53H64N2O13/c1-27-19-35-36(21-29-8-9-31(20-29)53(63)54-12-14-68-18-16-65-4)50(55-34-11-10-30(22-34)37(59)7-6-13-67-17-15-64-3)44-38(60)23-32(25-56)41-42-33(26-57)24-39(61)45-47(42)48(43(35)46(41)44)49(40(27)28(2)58)52(66-5)51(45)62/h19,23-24,29-31,34,40,55-57,62H,6-18,20-22,25-26H2,1-5H3,(H,54,63). The zero-order valence-corrected chi connectivity index (χ0v) is 39.8. The molecule has 0 heterocycles. The van der Waals surface area contributed by atoms with Crippen LogP contribution in [0, 0.1) is 17.8 Å². The number of ketones is 2. The van der Waals surface area contributed by atoms with Crippen LogP contribution >= 0.6 is 0 Å². The van der Waals surface area contributed by atoms with Crippen LogP contribution in [0.4, 0.5) is 5.69 Å². The summed E-state index contributed by atoms with van der Waals surface area (Å²) in [5, 5.41) is 43.9. The monoisotopic (exact) mass is 936 g/mol. The van der Waals surface area contributed by atoms with Crippen molar-refractivity contribution in [3.8, 4) is 11.5 Å². The lowest BCUT2D eigenvalue weighted by atomic mass is 9.78. The predicted molar refractivity (Wildman–Crippen MR) is 260 cm³/mol. The highest BCUT2D eigenvalue weighted by Gasteiger charge is 2.39. The fourth-order valence-corrected chi connectivity index (χ4v) is 11.7. The van der Waals surface area contributed by atoms with E-state index in [0.29, 0.717) is 158 Å². The van der Waals surface area contributed by atoms with Gasteiger partial charge in [0.05, 0.1) is 75.7 Å². The number of fused-ring (bicyclic) bond motifs is 1. The summed E-state index contributed by atoms with van der Waals surface area (Å²) in [7, 11) is 4.59. The Bertz CT molecular complexity index is 2880. The second-order valence-electron chi connectivity index (χ2n) is 18.9. The Balaban J connectivity index is 1.34. The number of carbonyl (C=O) groups is 3. The second kappa shape index (κ2) is 21.1. The summed E-state index contributed by atoms with van der Waals surface area (Å²) in [6, 6.07) is 2.48. The van der Waals surface area contributed by atoms with Gasteiger partial charge in [-0.15, -0.1) is 0 Å². The van der Waals surface area contributed by atoms with Gasteiger partial charge in [0.1, 0.15) is 11.6 Å². The maximum Gasteiger partial charge on any atom is 0.223 e. The average molecular weight is 937 g/mol. The first-order chi connectivity index (χ1) is 32.9. The van der Waals surface area contributed by atoms with Gasteiger partial charge < -0.3 is 49.6 Å². The van der Waals surface area contributed by atoms with Crippen molar-refractivity contribution >= 4 is 72.3 Å². The average Bonchev–Trinajstić information content (AvgIpc) is 3.97.